The van der Waals surface area contributed by atoms with Crippen molar-refractivity contribution in [3.63, 3.8) is 0 Å². The molecule has 42 heavy (non-hydrogen) atoms. The predicted octanol–water partition coefficient (Wildman–Crippen LogP) is 2.72. The molecule has 3 aromatic heterocycles. The highest BCUT2D eigenvalue weighted by atomic mass is 19.4. The van der Waals surface area contributed by atoms with Crippen molar-refractivity contribution < 1.29 is 31.2 Å². The molecule has 0 N–H and O–H groups in total. The Morgan fingerprint density at radius 3 is 2.26 bits per heavy atom. The first-order chi connectivity index (χ1) is 19.8. The van der Waals surface area contributed by atoms with Crippen LogP contribution in [0.15, 0.2) is 34.9 Å². The van der Waals surface area contributed by atoms with Gasteiger partial charge in [0.25, 0.3) is 11.8 Å². The van der Waals surface area contributed by atoms with Crippen LogP contribution in [0.2, 0.25) is 0 Å². The van der Waals surface area contributed by atoms with Crippen molar-refractivity contribution in [3.8, 4) is 23.0 Å². The van der Waals surface area contributed by atoms with E-state index in [0.29, 0.717) is 48.7 Å². The fourth-order valence-corrected chi connectivity index (χ4v) is 5.29. The van der Waals surface area contributed by atoms with Gasteiger partial charge in [-0.15, -0.1) is 10.2 Å². The van der Waals surface area contributed by atoms with E-state index in [1.165, 1.54) is 27.8 Å². The maximum absolute atomic E-state index is 14.5. The number of likely N-dealkylation sites (tertiary alicyclic amines) is 1. The largest absolute Gasteiger partial charge is 0.451 e. The third-order valence-electron chi connectivity index (χ3n) is 7.29. The summed E-state index contributed by atoms with van der Waals surface area (Å²) in [4.78, 5) is 30.8. The van der Waals surface area contributed by atoms with Gasteiger partial charge in [-0.05, 0) is 44.9 Å². The van der Waals surface area contributed by atoms with Crippen molar-refractivity contribution in [1.82, 2.24) is 35.0 Å². The van der Waals surface area contributed by atoms with Crippen LogP contribution in [0.3, 0.4) is 0 Å². The first kappa shape index (κ1) is 29.3. The summed E-state index contributed by atoms with van der Waals surface area (Å²) in [6.45, 7) is 4.07. The molecule has 5 rings (SSSR count). The average Bonchev–Trinajstić information content (AvgIpc) is 3.41. The number of piperidine rings is 1. The van der Waals surface area contributed by atoms with Crippen LogP contribution in [0.1, 0.15) is 47.4 Å². The SMILES string of the molecule is BC(B)(C(=O)N1CCC(c2nc(C)nc(C)c2-c2nnc(-c3ccnc(C(F)(F)F)n3)o2)CC1)c1c(F)cccc1F. The summed E-state index contributed by atoms with van der Waals surface area (Å²) >= 11 is 0. The maximum atomic E-state index is 14.5. The molecule has 1 fully saturated rings. The minimum Gasteiger partial charge on any atom is -0.414 e. The number of rotatable bonds is 5. The number of hydrogen-bond acceptors (Lipinski definition) is 8. The lowest BCUT2D eigenvalue weighted by Crippen LogP contribution is -2.51. The molecule has 1 aromatic carbocycles. The van der Waals surface area contributed by atoms with Crippen LogP contribution in [0, 0.1) is 25.5 Å². The molecule has 9 nitrogen and oxygen atoms in total. The molecule has 0 aliphatic carbocycles. The molecule has 4 aromatic rings. The van der Waals surface area contributed by atoms with E-state index in [4.69, 9.17) is 4.42 Å². The van der Waals surface area contributed by atoms with Gasteiger partial charge in [0, 0.05) is 36.0 Å². The zero-order valence-electron chi connectivity index (χ0n) is 23.1. The van der Waals surface area contributed by atoms with E-state index < -0.39 is 34.8 Å². The standard InChI is InChI=1S/C26H24B2F5N7O2/c1-12-18(22-39-38-21(42-22)17-6-9-34-23(37-17)26(31,32)33)20(36-13(2)35-12)14-7-10-40(11-8-14)24(41)25(27,28)19-15(29)4-3-5-16(19)30/h3-6,9,14H,7-8,10-11,27-28H2,1-2H3. The van der Waals surface area contributed by atoms with Gasteiger partial charge in [-0.3, -0.25) is 4.79 Å². The summed E-state index contributed by atoms with van der Waals surface area (Å²) in [6, 6.07) is 4.74. The van der Waals surface area contributed by atoms with E-state index in [2.05, 4.69) is 30.1 Å². The Morgan fingerprint density at radius 1 is 0.976 bits per heavy atom. The molecule has 0 bridgehead atoms. The fourth-order valence-electron chi connectivity index (χ4n) is 5.29. The minimum atomic E-state index is -4.75. The molecule has 0 atom stereocenters. The van der Waals surface area contributed by atoms with Crippen LogP contribution in [0.25, 0.3) is 23.0 Å². The Morgan fingerprint density at radius 2 is 1.62 bits per heavy atom. The Hall–Kier alpha value is -4.23. The van der Waals surface area contributed by atoms with Crippen molar-refractivity contribution >= 4 is 21.6 Å². The van der Waals surface area contributed by atoms with Crippen molar-refractivity contribution in [2.24, 2.45) is 0 Å². The second-order valence-electron chi connectivity index (χ2n) is 10.6. The smallest absolute Gasteiger partial charge is 0.414 e. The van der Waals surface area contributed by atoms with Gasteiger partial charge >= 0.3 is 6.18 Å². The minimum absolute atomic E-state index is 0.0133. The number of aromatic nitrogens is 6. The number of halogens is 5. The highest BCUT2D eigenvalue weighted by Crippen LogP contribution is 2.37. The Kier molecular flexibility index (Phi) is 7.58. The van der Waals surface area contributed by atoms with Gasteiger partial charge < -0.3 is 9.32 Å². The molecule has 1 aliphatic heterocycles. The van der Waals surface area contributed by atoms with E-state index in [9.17, 15) is 26.7 Å². The second-order valence-corrected chi connectivity index (χ2v) is 10.6. The number of nitrogens with zero attached hydrogens (tertiary/aromatic N) is 7. The van der Waals surface area contributed by atoms with Gasteiger partial charge in [-0.1, -0.05) is 6.07 Å². The highest BCUT2D eigenvalue weighted by Gasteiger charge is 2.40. The van der Waals surface area contributed by atoms with Gasteiger partial charge in [-0.25, -0.2) is 28.7 Å². The number of amides is 1. The van der Waals surface area contributed by atoms with Gasteiger partial charge in [0.15, 0.2) is 0 Å². The first-order valence-corrected chi connectivity index (χ1v) is 13.1. The number of carbonyl (C=O) groups excluding carboxylic acids is 1. The highest BCUT2D eigenvalue weighted by molar-refractivity contribution is 6.51. The topological polar surface area (TPSA) is 111 Å². The molecule has 0 radical (unpaired) electrons. The molecule has 0 unspecified atom stereocenters. The summed E-state index contributed by atoms with van der Waals surface area (Å²) in [5.74, 6) is -3.19. The van der Waals surface area contributed by atoms with Gasteiger partial charge in [0.05, 0.1) is 17.0 Å². The van der Waals surface area contributed by atoms with Crippen LogP contribution in [-0.4, -0.2) is 69.7 Å². The molecule has 0 saturated carbocycles. The first-order valence-electron chi connectivity index (χ1n) is 13.1. The van der Waals surface area contributed by atoms with Crippen molar-refractivity contribution in [1.29, 1.82) is 0 Å². The monoisotopic (exact) mass is 583 g/mol. The predicted molar refractivity (Wildman–Crippen MR) is 145 cm³/mol. The summed E-state index contributed by atoms with van der Waals surface area (Å²) in [5, 5.41) is 6.52. The molecule has 1 saturated heterocycles. The molecule has 1 aliphatic rings. The normalized spacial score (nSPS) is 14.8. The van der Waals surface area contributed by atoms with Crippen LogP contribution in [0.5, 0.6) is 0 Å². The van der Waals surface area contributed by atoms with E-state index in [1.807, 2.05) is 0 Å². The zero-order valence-corrected chi connectivity index (χ0v) is 23.1. The van der Waals surface area contributed by atoms with Crippen LogP contribution in [0.4, 0.5) is 22.0 Å². The van der Waals surface area contributed by atoms with Gasteiger partial charge in [-0.2, -0.15) is 13.2 Å². The van der Waals surface area contributed by atoms with E-state index in [-0.39, 0.29) is 29.0 Å². The third-order valence-corrected chi connectivity index (χ3v) is 7.29. The summed E-state index contributed by atoms with van der Waals surface area (Å²) in [6.07, 6.45) is -2.83. The summed E-state index contributed by atoms with van der Waals surface area (Å²) < 4.78 is 74.1. The van der Waals surface area contributed by atoms with Crippen LogP contribution >= 0.6 is 0 Å². The molecule has 1 amide bonds. The lowest BCUT2D eigenvalue weighted by Gasteiger charge is -2.37. The number of hydrogen-bond donors (Lipinski definition) is 0. The average molecular weight is 583 g/mol. The van der Waals surface area contributed by atoms with E-state index >= 15 is 0 Å². The molecular weight excluding hydrogens is 559 g/mol. The maximum Gasteiger partial charge on any atom is 0.451 e. The molecule has 0 spiro atoms. The van der Waals surface area contributed by atoms with Crippen molar-refractivity contribution in [2.75, 3.05) is 13.1 Å². The Balaban J connectivity index is 1.40. The lowest BCUT2D eigenvalue weighted by molar-refractivity contribution is -0.144. The number of alkyl halides is 3. The molecule has 216 valence electrons. The summed E-state index contributed by atoms with van der Waals surface area (Å²) in [5.41, 5.74) is 1.10. The Bertz CT molecular complexity index is 1640. The second kappa shape index (κ2) is 10.9. The molecule has 16 heteroatoms. The van der Waals surface area contributed by atoms with Crippen LogP contribution in [-0.2, 0) is 16.2 Å². The third kappa shape index (κ3) is 5.49. The summed E-state index contributed by atoms with van der Waals surface area (Å²) in [7, 11) is 3.00. The fraction of sp³-hybridized carbons (Fsp3) is 0.346. The lowest BCUT2D eigenvalue weighted by atomic mass is 9.50. The quantitative estimate of drug-likeness (QED) is 0.261. The number of benzene rings is 1. The van der Waals surface area contributed by atoms with E-state index in [1.54, 1.807) is 18.7 Å². The van der Waals surface area contributed by atoms with Crippen LogP contribution < -0.4 is 0 Å². The molecular formula is C26H24B2F5N7O2. The van der Waals surface area contributed by atoms with E-state index in [0.717, 1.165) is 18.3 Å². The van der Waals surface area contributed by atoms with Gasteiger partial charge in [0.2, 0.25) is 11.7 Å². The zero-order chi connectivity index (χ0) is 30.4. The van der Waals surface area contributed by atoms with Crippen molar-refractivity contribution in [2.45, 2.75) is 44.0 Å². The number of aryl methyl sites for hydroxylation is 2. The van der Waals surface area contributed by atoms with Crippen molar-refractivity contribution in [3.05, 3.63) is 70.7 Å². The van der Waals surface area contributed by atoms with Gasteiger partial charge in [0.1, 0.15) is 38.8 Å². The molecule has 4 heterocycles. The number of carbonyl (C=O) groups is 1. The Labute approximate surface area is 238 Å².